The number of anilines is 2. The minimum atomic E-state index is 0.795. The third-order valence-electron chi connectivity index (χ3n) is 2.59. The van der Waals surface area contributed by atoms with Crippen LogP contribution in [0.5, 0.6) is 0 Å². The Morgan fingerprint density at radius 3 is 3.06 bits per heavy atom. The molecule has 0 amide bonds. The molecule has 0 atom stereocenters. The number of nitrogens with two attached hydrogens (primary N) is 1. The fourth-order valence-electron chi connectivity index (χ4n) is 1.64. The molecule has 0 radical (unpaired) electrons. The Hall–Kier alpha value is -1.90. The Morgan fingerprint density at radius 1 is 1.44 bits per heavy atom. The van der Waals surface area contributed by atoms with Gasteiger partial charge >= 0.3 is 0 Å². The average Bonchev–Trinajstić information content (AvgIpc) is 2.32. The van der Waals surface area contributed by atoms with E-state index in [1.807, 2.05) is 18.3 Å². The summed E-state index contributed by atoms with van der Waals surface area (Å²) in [5.74, 6) is 0. The lowest BCUT2D eigenvalue weighted by Crippen LogP contribution is -2.13. The lowest BCUT2D eigenvalue weighted by molar-refractivity contribution is 0.951. The molecular formula is C13H17N3. The van der Waals surface area contributed by atoms with Gasteiger partial charge in [0.1, 0.15) is 0 Å². The first kappa shape index (κ1) is 10.6. The average molecular weight is 215 g/mol. The van der Waals surface area contributed by atoms with Crippen LogP contribution in [0.15, 0.2) is 42.1 Å². The fourth-order valence-corrected chi connectivity index (χ4v) is 1.64. The van der Waals surface area contributed by atoms with Gasteiger partial charge in [-0.1, -0.05) is 12.1 Å². The zero-order valence-electron chi connectivity index (χ0n) is 9.46. The summed E-state index contributed by atoms with van der Waals surface area (Å²) >= 11 is 0. The maximum Gasteiger partial charge on any atom is 0.0579 e. The maximum absolute atomic E-state index is 5.89. The summed E-state index contributed by atoms with van der Waals surface area (Å²) < 4.78 is 0. The molecule has 1 heterocycles. The van der Waals surface area contributed by atoms with Crippen LogP contribution in [0, 0.1) is 6.92 Å². The molecular weight excluding hydrogens is 198 g/mol. The first-order valence-corrected chi connectivity index (χ1v) is 5.44. The van der Waals surface area contributed by atoms with E-state index < -0.39 is 0 Å². The summed E-state index contributed by atoms with van der Waals surface area (Å²) in [5, 5.41) is 6.48. The van der Waals surface area contributed by atoms with E-state index in [1.165, 1.54) is 11.1 Å². The van der Waals surface area contributed by atoms with Crippen molar-refractivity contribution in [2.45, 2.75) is 6.92 Å². The van der Waals surface area contributed by atoms with Crippen LogP contribution in [0.2, 0.25) is 0 Å². The summed E-state index contributed by atoms with van der Waals surface area (Å²) in [4.78, 5) is 0. The molecule has 1 aliphatic heterocycles. The van der Waals surface area contributed by atoms with E-state index in [2.05, 4.69) is 35.8 Å². The molecule has 0 aromatic heterocycles. The van der Waals surface area contributed by atoms with Crippen LogP contribution in [0.1, 0.15) is 5.56 Å². The van der Waals surface area contributed by atoms with Crippen molar-refractivity contribution in [1.82, 2.24) is 5.32 Å². The molecule has 84 valence electrons. The van der Waals surface area contributed by atoms with Crippen LogP contribution in [0.25, 0.3) is 0 Å². The van der Waals surface area contributed by atoms with E-state index in [0.29, 0.717) is 0 Å². The minimum Gasteiger partial charge on any atom is -0.397 e. The van der Waals surface area contributed by atoms with E-state index in [-0.39, 0.29) is 0 Å². The first-order chi connectivity index (χ1) is 7.75. The topological polar surface area (TPSA) is 50.1 Å². The number of hydrogen-bond acceptors (Lipinski definition) is 3. The molecule has 4 N–H and O–H groups in total. The molecule has 3 heteroatoms. The summed E-state index contributed by atoms with van der Waals surface area (Å²) in [6.45, 7) is 3.77. The predicted molar refractivity (Wildman–Crippen MR) is 69.3 cm³/mol. The molecule has 2 rings (SSSR count). The van der Waals surface area contributed by atoms with Gasteiger partial charge in [-0.15, -0.1) is 0 Å². The van der Waals surface area contributed by atoms with Gasteiger partial charge in [0.25, 0.3) is 0 Å². The number of aryl methyl sites for hydroxylation is 1. The van der Waals surface area contributed by atoms with Crippen molar-refractivity contribution in [2.24, 2.45) is 0 Å². The molecule has 0 saturated carbocycles. The standard InChI is InChI=1S/C13H17N3/c1-10-2-3-12(14)13(8-10)16-9-11-4-6-15-7-5-11/h2-6,8,15-16H,7,9,14H2,1H3. The van der Waals surface area contributed by atoms with Crippen molar-refractivity contribution in [2.75, 3.05) is 24.1 Å². The van der Waals surface area contributed by atoms with Crippen LogP contribution in [-0.2, 0) is 0 Å². The van der Waals surface area contributed by atoms with E-state index in [9.17, 15) is 0 Å². The highest BCUT2D eigenvalue weighted by atomic mass is 14.9. The number of nitrogen functional groups attached to an aromatic ring is 1. The van der Waals surface area contributed by atoms with Crippen LogP contribution in [0.4, 0.5) is 11.4 Å². The van der Waals surface area contributed by atoms with Gasteiger partial charge in [0.05, 0.1) is 11.4 Å². The van der Waals surface area contributed by atoms with Crippen molar-refractivity contribution < 1.29 is 0 Å². The predicted octanol–water partition coefficient (Wildman–Crippen LogP) is 2.03. The lowest BCUT2D eigenvalue weighted by atomic mass is 10.1. The second-order valence-corrected chi connectivity index (χ2v) is 3.96. The Balaban J connectivity index is 2.01. The van der Waals surface area contributed by atoms with Crippen molar-refractivity contribution in [1.29, 1.82) is 0 Å². The largest absolute Gasteiger partial charge is 0.397 e. The van der Waals surface area contributed by atoms with Gasteiger partial charge in [-0.05, 0) is 42.5 Å². The summed E-state index contributed by atoms with van der Waals surface area (Å²) in [6, 6.07) is 6.02. The normalized spacial score (nSPS) is 14.2. The summed E-state index contributed by atoms with van der Waals surface area (Å²) in [7, 11) is 0. The van der Waals surface area contributed by atoms with E-state index in [1.54, 1.807) is 0 Å². The maximum atomic E-state index is 5.89. The van der Waals surface area contributed by atoms with Gasteiger partial charge in [0, 0.05) is 13.1 Å². The summed E-state index contributed by atoms with van der Waals surface area (Å²) in [5.41, 5.74) is 10.2. The van der Waals surface area contributed by atoms with Crippen molar-refractivity contribution >= 4 is 11.4 Å². The second kappa shape index (κ2) is 4.75. The van der Waals surface area contributed by atoms with Crippen molar-refractivity contribution in [3.8, 4) is 0 Å². The second-order valence-electron chi connectivity index (χ2n) is 3.96. The van der Waals surface area contributed by atoms with E-state index in [0.717, 1.165) is 24.5 Å². The molecule has 0 aliphatic carbocycles. The van der Waals surface area contributed by atoms with Gasteiger partial charge in [0.2, 0.25) is 0 Å². The minimum absolute atomic E-state index is 0.795. The van der Waals surface area contributed by atoms with Gasteiger partial charge in [-0.3, -0.25) is 0 Å². The Morgan fingerprint density at radius 2 is 2.31 bits per heavy atom. The van der Waals surface area contributed by atoms with Crippen LogP contribution < -0.4 is 16.4 Å². The third kappa shape index (κ3) is 2.57. The SMILES string of the molecule is Cc1ccc(N)c(NCC2=CCNC=C2)c1. The molecule has 1 aromatic carbocycles. The van der Waals surface area contributed by atoms with Crippen LogP contribution in [-0.4, -0.2) is 13.1 Å². The quantitative estimate of drug-likeness (QED) is 0.676. The number of nitrogens with one attached hydrogen (secondary N) is 2. The number of hydrogen-bond donors (Lipinski definition) is 3. The number of rotatable bonds is 3. The van der Waals surface area contributed by atoms with Crippen molar-refractivity contribution in [3.63, 3.8) is 0 Å². The number of benzene rings is 1. The Labute approximate surface area is 96.0 Å². The molecule has 16 heavy (non-hydrogen) atoms. The highest BCUT2D eigenvalue weighted by Gasteiger charge is 2.00. The summed E-state index contributed by atoms with van der Waals surface area (Å²) in [6.07, 6.45) is 6.21. The molecule has 1 aliphatic rings. The van der Waals surface area contributed by atoms with Crippen LogP contribution in [0.3, 0.4) is 0 Å². The molecule has 1 aromatic rings. The molecule has 0 saturated heterocycles. The lowest BCUT2D eigenvalue weighted by Gasteiger charge is -2.12. The Bertz CT molecular complexity index is 433. The molecule has 3 nitrogen and oxygen atoms in total. The zero-order valence-corrected chi connectivity index (χ0v) is 9.46. The smallest absolute Gasteiger partial charge is 0.0579 e. The number of dihydropyridines is 1. The molecule has 0 fully saturated rings. The van der Waals surface area contributed by atoms with Gasteiger partial charge < -0.3 is 16.4 Å². The fraction of sp³-hybridized carbons (Fsp3) is 0.231. The van der Waals surface area contributed by atoms with Gasteiger partial charge in [-0.25, -0.2) is 0 Å². The van der Waals surface area contributed by atoms with Gasteiger partial charge in [0.15, 0.2) is 0 Å². The van der Waals surface area contributed by atoms with Gasteiger partial charge in [-0.2, -0.15) is 0 Å². The Kier molecular flexibility index (Phi) is 3.15. The highest BCUT2D eigenvalue weighted by molar-refractivity contribution is 5.67. The van der Waals surface area contributed by atoms with Crippen LogP contribution >= 0.6 is 0 Å². The highest BCUT2D eigenvalue weighted by Crippen LogP contribution is 2.19. The van der Waals surface area contributed by atoms with E-state index >= 15 is 0 Å². The van der Waals surface area contributed by atoms with E-state index in [4.69, 9.17) is 5.73 Å². The van der Waals surface area contributed by atoms with Crippen molar-refractivity contribution in [3.05, 3.63) is 47.7 Å². The zero-order chi connectivity index (χ0) is 11.4. The molecule has 0 unspecified atom stereocenters. The molecule has 0 bridgehead atoms. The first-order valence-electron chi connectivity index (χ1n) is 5.44. The third-order valence-corrected chi connectivity index (χ3v) is 2.59. The molecule has 0 spiro atoms. The monoisotopic (exact) mass is 215 g/mol.